The number of aryl methyl sites for hydroxylation is 2. The highest BCUT2D eigenvalue weighted by Gasteiger charge is 2.11. The minimum Gasteiger partial charge on any atom is -1.00 e. The van der Waals surface area contributed by atoms with E-state index in [-0.39, 0.29) is 18.2 Å². The Balaban J connectivity index is 0.00000144. The molecule has 1 heterocycles. The van der Waals surface area contributed by atoms with Crippen molar-refractivity contribution >= 4 is 19.7 Å². The number of hydrogen-bond donors (Lipinski definition) is 1. The minimum absolute atomic E-state index is 0. The lowest BCUT2D eigenvalue weighted by molar-refractivity contribution is -0.677. The van der Waals surface area contributed by atoms with Gasteiger partial charge in [0, 0.05) is 10.7 Å². The topological polar surface area (TPSA) is 53.8 Å². The molecule has 0 atom stereocenters. The maximum absolute atomic E-state index is 10.6. The maximum atomic E-state index is 10.6. The Labute approximate surface area is 87.8 Å². The van der Waals surface area contributed by atoms with Gasteiger partial charge in [-0.3, -0.25) is 0 Å². The number of aromatic nitrogens is 2. The van der Waals surface area contributed by atoms with E-state index in [4.69, 9.17) is 10.7 Å². The lowest BCUT2D eigenvalue weighted by Crippen LogP contribution is -3.00. The molecule has 0 spiro atoms. The van der Waals surface area contributed by atoms with Crippen LogP contribution in [0.25, 0.3) is 0 Å². The van der Waals surface area contributed by atoms with Gasteiger partial charge in [0.25, 0.3) is 5.82 Å². The largest absolute Gasteiger partial charge is 1.00 e. The first kappa shape index (κ1) is 12.7. The highest BCUT2D eigenvalue weighted by atomic mass is 35.7. The molecule has 0 saturated heterocycles. The molecule has 13 heavy (non-hydrogen) atoms. The molecule has 1 aromatic rings. The highest BCUT2D eigenvalue weighted by Crippen LogP contribution is 1.99. The summed E-state index contributed by atoms with van der Waals surface area (Å²) in [6, 6.07) is 0. The first-order chi connectivity index (χ1) is 5.49. The second-order valence-corrected chi connectivity index (χ2v) is 5.41. The van der Waals surface area contributed by atoms with Gasteiger partial charge in [-0.2, -0.15) is 0 Å². The van der Waals surface area contributed by atoms with Gasteiger partial charge < -0.3 is 12.4 Å². The van der Waals surface area contributed by atoms with Crippen molar-refractivity contribution in [2.75, 3.05) is 5.75 Å². The average molecular weight is 245 g/mol. The zero-order valence-electron chi connectivity index (χ0n) is 7.00. The van der Waals surface area contributed by atoms with Gasteiger partial charge in [0.1, 0.15) is 12.4 Å². The number of nitrogens with one attached hydrogen (secondary N) is 1. The Hall–Kier alpha value is -0.260. The number of imidazole rings is 1. The molecule has 0 unspecified atom stereocenters. The van der Waals surface area contributed by atoms with Gasteiger partial charge in [0.15, 0.2) is 0 Å². The molecule has 0 saturated carbocycles. The summed E-state index contributed by atoms with van der Waals surface area (Å²) in [4.78, 5) is 2.92. The standard InChI is InChI=1S/C6H9ClN2O2S.ClH/c1-9-4-3-8-6(9)2-5-12(7,10)11;/h3-4H,2,5H2,1H3;1H. The molecule has 0 fully saturated rings. The molecular formula is C6H10Cl2N2O2S. The van der Waals surface area contributed by atoms with E-state index in [1.165, 1.54) is 0 Å². The van der Waals surface area contributed by atoms with Crippen LogP contribution in [0.5, 0.6) is 0 Å². The minimum atomic E-state index is -3.38. The number of hydrogen-bond acceptors (Lipinski definition) is 2. The van der Waals surface area contributed by atoms with Gasteiger partial charge in [-0.25, -0.2) is 18.0 Å². The number of nitrogens with zero attached hydrogens (tertiary/aromatic N) is 1. The van der Waals surface area contributed by atoms with E-state index in [0.717, 1.165) is 5.82 Å². The smallest absolute Gasteiger partial charge is 0.255 e. The average Bonchev–Trinajstić information content (AvgIpc) is 2.29. The Bertz CT molecular complexity index is 360. The van der Waals surface area contributed by atoms with Crippen LogP contribution in [0.15, 0.2) is 12.4 Å². The van der Waals surface area contributed by atoms with E-state index in [1.807, 2.05) is 17.8 Å². The SMILES string of the molecule is C[n+]1cc[nH]c1CCS(=O)(=O)Cl.[Cl-]. The van der Waals surface area contributed by atoms with Crippen LogP contribution in [0.4, 0.5) is 0 Å². The van der Waals surface area contributed by atoms with Crippen molar-refractivity contribution < 1.29 is 25.4 Å². The highest BCUT2D eigenvalue weighted by molar-refractivity contribution is 8.13. The maximum Gasteiger partial charge on any atom is 0.255 e. The number of H-pyrrole nitrogens is 1. The van der Waals surface area contributed by atoms with Gasteiger partial charge in [0.2, 0.25) is 9.05 Å². The fraction of sp³-hybridized carbons (Fsp3) is 0.500. The monoisotopic (exact) mass is 244 g/mol. The summed E-state index contributed by atoms with van der Waals surface area (Å²) >= 11 is 0. The molecule has 0 aliphatic rings. The Morgan fingerprint density at radius 1 is 1.62 bits per heavy atom. The first-order valence-electron chi connectivity index (χ1n) is 3.43. The van der Waals surface area contributed by atoms with E-state index in [0.29, 0.717) is 6.42 Å². The van der Waals surface area contributed by atoms with E-state index < -0.39 is 9.05 Å². The summed E-state index contributed by atoms with van der Waals surface area (Å²) in [7, 11) is 3.51. The van der Waals surface area contributed by atoms with Gasteiger partial charge in [-0.15, -0.1) is 0 Å². The second-order valence-electron chi connectivity index (χ2n) is 2.51. The van der Waals surface area contributed by atoms with Crippen molar-refractivity contribution in [3.8, 4) is 0 Å². The molecule has 76 valence electrons. The van der Waals surface area contributed by atoms with Crippen LogP contribution in [0, 0.1) is 0 Å². The van der Waals surface area contributed by atoms with Crippen molar-refractivity contribution in [1.82, 2.24) is 4.98 Å². The third kappa shape index (κ3) is 4.50. The van der Waals surface area contributed by atoms with Gasteiger partial charge in [0.05, 0.1) is 19.2 Å². The molecule has 0 aliphatic carbocycles. The summed E-state index contributed by atoms with van der Waals surface area (Å²) in [5, 5.41) is 0. The predicted molar refractivity (Wildman–Crippen MR) is 45.3 cm³/mol. The van der Waals surface area contributed by atoms with Crippen LogP contribution in [0.3, 0.4) is 0 Å². The van der Waals surface area contributed by atoms with E-state index in [9.17, 15) is 8.42 Å². The summed E-state index contributed by atoms with van der Waals surface area (Å²) in [6.07, 6.45) is 3.97. The molecule has 0 bridgehead atoms. The van der Waals surface area contributed by atoms with Crippen LogP contribution < -0.4 is 17.0 Å². The van der Waals surface area contributed by atoms with Crippen LogP contribution >= 0.6 is 10.7 Å². The van der Waals surface area contributed by atoms with Crippen LogP contribution in [-0.2, 0) is 22.5 Å². The molecule has 4 nitrogen and oxygen atoms in total. The molecule has 1 aromatic heterocycles. The van der Waals surface area contributed by atoms with Crippen molar-refractivity contribution in [2.24, 2.45) is 7.05 Å². The first-order valence-corrected chi connectivity index (χ1v) is 5.91. The summed E-state index contributed by atoms with van der Waals surface area (Å²) < 4.78 is 23.0. The Kier molecular flexibility index (Phi) is 4.74. The normalized spacial score (nSPS) is 10.9. The molecule has 0 aromatic carbocycles. The molecular weight excluding hydrogens is 235 g/mol. The summed E-state index contributed by atoms with van der Waals surface area (Å²) in [5.41, 5.74) is 0. The third-order valence-electron chi connectivity index (χ3n) is 1.56. The summed E-state index contributed by atoms with van der Waals surface area (Å²) in [5.74, 6) is 0.808. The molecule has 7 heteroatoms. The molecule has 1 N–H and O–H groups in total. The lowest BCUT2D eigenvalue weighted by Gasteiger charge is -1.92. The predicted octanol–water partition coefficient (Wildman–Crippen LogP) is -3.05. The van der Waals surface area contributed by atoms with Gasteiger partial charge in [-0.05, 0) is 0 Å². The van der Waals surface area contributed by atoms with Crippen LogP contribution in [-0.4, -0.2) is 19.2 Å². The fourth-order valence-electron chi connectivity index (χ4n) is 0.904. The zero-order valence-corrected chi connectivity index (χ0v) is 9.33. The van der Waals surface area contributed by atoms with E-state index in [2.05, 4.69) is 4.98 Å². The molecule has 1 rings (SSSR count). The number of rotatable bonds is 3. The second kappa shape index (κ2) is 4.83. The van der Waals surface area contributed by atoms with E-state index >= 15 is 0 Å². The number of aromatic amines is 1. The van der Waals surface area contributed by atoms with Crippen molar-refractivity contribution in [3.05, 3.63) is 18.2 Å². The zero-order chi connectivity index (χ0) is 9.19. The Morgan fingerprint density at radius 3 is 2.62 bits per heavy atom. The molecule has 0 amide bonds. The quantitative estimate of drug-likeness (QED) is 0.454. The molecule has 0 aliphatic heterocycles. The Morgan fingerprint density at radius 2 is 2.23 bits per heavy atom. The fourth-order valence-corrected chi connectivity index (χ4v) is 1.57. The van der Waals surface area contributed by atoms with Crippen LogP contribution in [0.2, 0.25) is 0 Å². The third-order valence-corrected chi connectivity index (χ3v) is 2.71. The van der Waals surface area contributed by atoms with Gasteiger partial charge in [-0.1, -0.05) is 0 Å². The summed E-state index contributed by atoms with van der Waals surface area (Å²) in [6.45, 7) is 0. The van der Waals surface area contributed by atoms with Gasteiger partial charge >= 0.3 is 0 Å². The number of halogens is 2. The van der Waals surface area contributed by atoms with E-state index in [1.54, 1.807) is 6.20 Å². The lowest BCUT2D eigenvalue weighted by atomic mass is 10.4. The molecule has 0 radical (unpaired) electrons. The van der Waals surface area contributed by atoms with Crippen molar-refractivity contribution in [1.29, 1.82) is 0 Å². The van der Waals surface area contributed by atoms with Crippen molar-refractivity contribution in [3.63, 3.8) is 0 Å². The van der Waals surface area contributed by atoms with Crippen molar-refractivity contribution in [2.45, 2.75) is 6.42 Å². The van der Waals surface area contributed by atoms with Crippen LogP contribution in [0.1, 0.15) is 5.82 Å².